The molecule has 0 saturated heterocycles. The topological polar surface area (TPSA) is 89.3 Å². The Kier molecular flexibility index (Phi) is 4.00. The van der Waals surface area contributed by atoms with Crippen LogP contribution in [0.4, 0.5) is 0 Å². The molecule has 1 amide bonds. The molecule has 0 rings (SSSR count). The minimum Gasteiger partial charge on any atom is -0.393 e. The van der Waals surface area contributed by atoms with Gasteiger partial charge < -0.3 is 16.6 Å². The molecule has 4 nitrogen and oxygen atoms in total. The third kappa shape index (κ3) is 5.26. The van der Waals surface area contributed by atoms with Crippen molar-refractivity contribution in [1.29, 1.82) is 0 Å². The Hall–Kier alpha value is -0.610. The number of carbonyl (C=O) groups excluding carboxylic acids is 1. The van der Waals surface area contributed by atoms with Crippen LogP contribution >= 0.6 is 0 Å². The summed E-state index contributed by atoms with van der Waals surface area (Å²) in [4.78, 5) is 10.1. The van der Waals surface area contributed by atoms with Gasteiger partial charge in [0.2, 0.25) is 5.91 Å². The summed E-state index contributed by atoms with van der Waals surface area (Å²) in [5, 5.41) is 8.84. The van der Waals surface area contributed by atoms with Crippen molar-refractivity contribution < 1.29 is 9.90 Å². The van der Waals surface area contributed by atoms with Gasteiger partial charge in [0.25, 0.3) is 0 Å². The van der Waals surface area contributed by atoms with Crippen LogP contribution in [0.3, 0.4) is 0 Å². The molecule has 0 aliphatic heterocycles. The van der Waals surface area contributed by atoms with E-state index >= 15 is 0 Å². The van der Waals surface area contributed by atoms with Crippen LogP contribution < -0.4 is 11.5 Å². The molecule has 0 aromatic heterocycles. The molecule has 0 bridgehead atoms. The Morgan fingerprint density at radius 3 is 2.56 bits per heavy atom. The summed E-state index contributed by atoms with van der Waals surface area (Å²) in [5.41, 5.74) is 9.88. The first kappa shape index (κ1) is 8.39. The minimum atomic E-state index is -0.660. The van der Waals surface area contributed by atoms with Crippen LogP contribution in [0.2, 0.25) is 0 Å². The number of hydrogen-bond donors (Lipinski definition) is 3. The van der Waals surface area contributed by atoms with E-state index in [0.717, 1.165) is 0 Å². The molecule has 1 unspecified atom stereocenters. The standard InChI is InChI=1S/C5H12N2O2/c6-2-1-4(8)3-5(7)9/h4,8H,1-3,6H2,(H2,7,9). The molecular weight excluding hydrogens is 120 g/mol. The molecule has 0 radical (unpaired) electrons. The highest BCUT2D eigenvalue weighted by Crippen LogP contribution is 1.93. The van der Waals surface area contributed by atoms with Crippen LogP contribution in [0.25, 0.3) is 0 Å². The second-order valence-electron chi connectivity index (χ2n) is 1.90. The predicted molar refractivity (Wildman–Crippen MR) is 33.5 cm³/mol. The maximum Gasteiger partial charge on any atom is 0.220 e. The maximum absolute atomic E-state index is 10.1. The molecule has 4 heteroatoms. The average molecular weight is 132 g/mol. The van der Waals surface area contributed by atoms with Gasteiger partial charge in [-0.2, -0.15) is 0 Å². The van der Waals surface area contributed by atoms with Crippen molar-refractivity contribution in [2.24, 2.45) is 11.5 Å². The second-order valence-corrected chi connectivity index (χ2v) is 1.90. The maximum atomic E-state index is 10.1. The fourth-order valence-electron chi connectivity index (χ4n) is 0.527. The van der Waals surface area contributed by atoms with Crippen molar-refractivity contribution in [1.82, 2.24) is 0 Å². The Morgan fingerprint density at radius 1 is 1.67 bits per heavy atom. The van der Waals surface area contributed by atoms with Crippen LogP contribution in [0.15, 0.2) is 0 Å². The molecule has 0 aliphatic carbocycles. The van der Waals surface area contributed by atoms with Crippen molar-refractivity contribution in [3.63, 3.8) is 0 Å². The Bertz CT molecular complexity index is 95.0. The molecule has 1 atom stereocenters. The van der Waals surface area contributed by atoms with Crippen LogP contribution in [-0.2, 0) is 4.79 Å². The zero-order chi connectivity index (χ0) is 7.28. The molecule has 54 valence electrons. The van der Waals surface area contributed by atoms with Crippen LogP contribution in [0, 0.1) is 0 Å². The SMILES string of the molecule is NCCC(O)CC(N)=O. The molecule has 0 aromatic rings. The molecule has 0 aliphatic rings. The van der Waals surface area contributed by atoms with E-state index in [4.69, 9.17) is 16.6 Å². The number of nitrogens with two attached hydrogens (primary N) is 2. The highest BCUT2D eigenvalue weighted by atomic mass is 16.3. The summed E-state index contributed by atoms with van der Waals surface area (Å²) in [7, 11) is 0. The van der Waals surface area contributed by atoms with E-state index in [1.807, 2.05) is 0 Å². The number of primary amides is 1. The third-order valence-corrected chi connectivity index (χ3v) is 0.937. The summed E-state index contributed by atoms with van der Waals surface area (Å²) in [6.07, 6.45) is -0.215. The Labute approximate surface area is 53.8 Å². The monoisotopic (exact) mass is 132 g/mol. The molecule has 9 heavy (non-hydrogen) atoms. The van der Waals surface area contributed by atoms with E-state index < -0.39 is 12.0 Å². The summed E-state index contributed by atoms with van der Waals surface area (Å²) in [5.74, 6) is -0.490. The number of hydrogen-bond acceptors (Lipinski definition) is 3. The first-order valence-corrected chi connectivity index (χ1v) is 2.83. The van der Waals surface area contributed by atoms with Crippen LogP contribution in [-0.4, -0.2) is 23.7 Å². The van der Waals surface area contributed by atoms with E-state index in [2.05, 4.69) is 0 Å². The second kappa shape index (κ2) is 4.29. The zero-order valence-electron chi connectivity index (χ0n) is 5.21. The van der Waals surface area contributed by atoms with Gasteiger partial charge in [-0.15, -0.1) is 0 Å². The van der Waals surface area contributed by atoms with E-state index in [1.165, 1.54) is 0 Å². The van der Waals surface area contributed by atoms with E-state index in [-0.39, 0.29) is 6.42 Å². The predicted octanol–water partition coefficient (Wildman–Crippen LogP) is -1.43. The average Bonchev–Trinajstić information content (AvgIpc) is 1.63. The molecule has 0 saturated carbocycles. The van der Waals surface area contributed by atoms with E-state index in [9.17, 15) is 4.79 Å². The number of aliphatic hydroxyl groups is 1. The lowest BCUT2D eigenvalue weighted by molar-refractivity contribution is -0.119. The van der Waals surface area contributed by atoms with Crippen molar-refractivity contribution in [3.8, 4) is 0 Å². The largest absolute Gasteiger partial charge is 0.393 e. The number of rotatable bonds is 4. The van der Waals surface area contributed by atoms with Gasteiger partial charge >= 0.3 is 0 Å². The lowest BCUT2D eigenvalue weighted by Crippen LogP contribution is -2.22. The first-order valence-electron chi connectivity index (χ1n) is 2.83. The van der Waals surface area contributed by atoms with Crippen molar-refractivity contribution >= 4 is 5.91 Å². The lowest BCUT2D eigenvalue weighted by Gasteiger charge is -2.03. The first-order chi connectivity index (χ1) is 4.16. The molecular formula is C5H12N2O2. The van der Waals surface area contributed by atoms with Gasteiger partial charge in [-0.05, 0) is 13.0 Å². The number of carbonyl (C=O) groups is 1. The Balaban J connectivity index is 3.26. The minimum absolute atomic E-state index is 0.0111. The fraction of sp³-hybridized carbons (Fsp3) is 0.800. The van der Waals surface area contributed by atoms with Gasteiger partial charge in [0.1, 0.15) is 0 Å². The smallest absolute Gasteiger partial charge is 0.220 e. The van der Waals surface area contributed by atoms with Crippen molar-refractivity contribution in [2.45, 2.75) is 18.9 Å². The van der Waals surface area contributed by atoms with Gasteiger partial charge in [-0.25, -0.2) is 0 Å². The quantitative estimate of drug-likeness (QED) is 0.438. The zero-order valence-corrected chi connectivity index (χ0v) is 5.21. The molecule has 0 heterocycles. The van der Waals surface area contributed by atoms with Gasteiger partial charge in [0.05, 0.1) is 12.5 Å². The molecule has 0 spiro atoms. The van der Waals surface area contributed by atoms with E-state index in [0.29, 0.717) is 13.0 Å². The van der Waals surface area contributed by atoms with Crippen molar-refractivity contribution in [2.75, 3.05) is 6.54 Å². The van der Waals surface area contributed by atoms with Crippen molar-refractivity contribution in [3.05, 3.63) is 0 Å². The van der Waals surface area contributed by atoms with Gasteiger partial charge in [0, 0.05) is 0 Å². The Morgan fingerprint density at radius 2 is 2.22 bits per heavy atom. The third-order valence-electron chi connectivity index (χ3n) is 0.937. The van der Waals surface area contributed by atoms with Gasteiger partial charge in [-0.3, -0.25) is 4.79 Å². The molecule has 0 fully saturated rings. The summed E-state index contributed by atoms with van der Waals surface area (Å²) in [6.45, 7) is 0.383. The van der Waals surface area contributed by atoms with Gasteiger partial charge in [-0.1, -0.05) is 0 Å². The summed E-state index contributed by atoms with van der Waals surface area (Å²) in [6, 6.07) is 0. The van der Waals surface area contributed by atoms with Crippen LogP contribution in [0.5, 0.6) is 0 Å². The lowest BCUT2D eigenvalue weighted by atomic mass is 10.2. The number of amides is 1. The fourth-order valence-corrected chi connectivity index (χ4v) is 0.527. The highest BCUT2D eigenvalue weighted by Gasteiger charge is 2.04. The van der Waals surface area contributed by atoms with Crippen LogP contribution in [0.1, 0.15) is 12.8 Å². The molecule has 5 N–H and O–H groups in total. The normalized spacial score (nSPS) is 13.1. The van der Waals surface area contributed by atoms with E-state index in [1.54, 1.807) is 0 Å². The highest BCUT2D eigenvalue weighted by molar-refractivity contribution is 5.74. The summed E-state index contributed by atoms with van der Waals surface area (Å²) < 4.78 is 0. The van der Waals surface area contributed by atoms with Gasteiger partial charge in [0.15, 0.2) is 0 Å². The number of aliphatic hydroxyl groups excluding tert-OH is 1. The summed E-state index contributed by atoms with van der Waals surface area (Å²) >= 11 is 0. The molecule has 0 aromatic carbocycles.